The molecule has 2 heterocycles. The third-order valence-electron chi connectivity index (χ3n) is 2.02. The van der Waals surface area contributed by atoms with Crippen molar-refractivity contribution in [1.29, 1.82) is 0 Å². The van der Waals surface area contributed by atoms with Crippen molar-refractivity contribution in [2.24, 2.45) is 0 Å². The fourth-order valence-corrected chi connectivity index (χ4v) is 1.32. The molecule has 0 spiro atoms. The smallest absolute Gasteiger partial charge is 0.226 e. The Labute approximate surface area is 99.0 Å². The lowest BCUT2D eigenvalue weighted by atomic mass is 10.4. The number of rotatable bonds is 5. The van der Waals surface area contributed by atoms with Gasteiger partial charge in [-0.1, -0.05) is 5.16 Å². The second kappa shape index (κ2) is 5.29. The standard InChI is InChI=1S/C11H14N4O2/c1-3-16-10-4-5-12-11(14-10)13-7-9-6-8(2)15-17-9/h4-6H,3,7H2,1-2H3,(H,12,13,14). The normalized spacial score (nSPS) is 10.2. The summed E-state index contributed by atoms with van der Waals surface area (Å²) >= 11 is 0. The minimum Gasteiger partial charge on any atom is -0.478 e. The number of ether oxygens (including phenoxy) is 1. The lowest BCUT2D eigenvalue weighted by Gasteiger charge is -2.04. The van der Waals surface area contributed by atoms with Crippen molar-refractivity contribution in [3.05, 3.63) is 29.8 Å². The molecule has 0 amide bonds. The predicted molar refractivity (Wildman–Crippen MR) is 61.8 cm³/mol. The average molecular weight is 234 g/mol. The molecule has 0 bridgehead atoms. The fraction of sp³-hybridized carbons (Fsp3) is 0.364. The molecule has 2 aromatic rings. The molecule has 0 saturated heterocycles. The number of anilines is 1. The van der Waals surface area contributed by atoms with Crippen LogP contribution in [0.15, 0.2) is 22.9 Å². The molecule has 1 N–H and O–H groups in total. The number of aryl methyl sites for hydroxylation is 1. The molecule has 0 fully saturated rings. The van der Waals surface area contributed by atoms with Crippen LogP contribution in [0.5, 0.6) is 5.88 Å². The molecule has 0 aromatic carbocycles. The Morgan fingerprint density at radius 3 is 3.06 bits per heavy atom. The van der Waals surface area contributed by atoms with Gasteiger partial charge in [0.2, 0.25) is 11.8 Å². The molecule has 0 unspecified atom stereocenters. The van der Waals surface area contributed by atoms with Crippen LogP contribution in [0.25, 0.3) is 0 Å². The number of hydrogen-bond acceptors (Lipinski definition) is 6. The van der Waals surface area contributed by atoms with Gasteiger partial charge in [0.1, 0.15) is 0 Å². The molecule has 0 aliphatic rings. The highest BCUT2D eigenvalue weighted by Crippen LogP contribution is 2.10. The summed E-state index contributed by atoms with van der Waals surface area (Å²) in [6.07, 6.45) is 1.64. The minimum atomic E-state index is 0.496. The Balaban J connectivity index is 1.96. The topological polar surface area (TPSA) is 73.1 Å². The Morgan fingerprint density at radius 2 is 2.35 bits per heavy atom. The number of aromatic nitrogens is 3. The number of nitrogens with one attached hydrogen (secondary N) is 1. The quantitative estimate of drug-likeness (QED) is 0.850. The van der Waals surface area contributed by atoms with Crippen molar-refractivity contribution in [1.82, 2.24) is 15.1 Å². The van der Waals surface area contributed by atoms with Crippen LogP contribution in [0.2, 0.25) is 0 Å². The number of nitrogens with zero attached hydrogens (tertiary/aromatic N) is 3. The van der Waals surface area contributed by atoms with E-state index in [1.54, 1.807) is 12.3 Å². The highest BCUT2D eigenvalue weighted by molar-refractivity contribution is 5.28. The van der Waals surface area contributed by atoms with E-state index in [1.807, 2.05) is 19.9 Å². The van der Waals surface area contributed by atoms with E-state index >= 15 is 0 Å². The van der Waals surface area contributed by atoms with Crippen LogP contribution in [0.4, 0.5) is 5.95 Å². The first kappa shape index (κ1) is 11.4. The van der Waals surface area contributed by atoms with Crippen LogP contribution >= 0.6 is 0 Å². The van der Waals surface area contributed by atoms with Gasteiger partial charge in [0.25, 0.3) is 0 Å². The van der Waals surface area contributed by atoms with Gasteiger partial charge in [0, 0.05) is 18.3 Å². The molecule has 6 heteroatoms. The minimum absolute atomic E-state index is 0.496. The summed E-state index contributed by atoms with van der Waals surface area (Å²) < 4.78 is 10.3. The largest absolute Gasteiger partial charge is 0.478 e. The Kier molecular flexibility index (Phi) is 3.54. The van der Waals surface area contributed by atoms with E-state index in [0.717, 1.165) is 11.5 Å². The zero-order valence-electron chi connectivity index (χ0n) is 9.80. The van der Waals surface area contributed by atoms with Crippen LogP contribution in [0, 0.1) is 6.92 Å². The molecular weight excluding hydrogens is 220 g/mol. The van der Waals surface area contributed by atoms with E-state index in [-0.39, 0.29) is 0 Å². The lowest BCUT2D eigenvalue weighted by molar-refractivity contribution is 0.326. The van der Waals surface area contributed by atoms with Crippen molar-refractivity contribution in [3.63, 3.8) is 0 Å². The van der Waals surface area contributed by atoms with Crippen molar-refractivity contribution in [2.75, 3.05) is 11.9 Å². The molecule has 0 aliphatic carbocycles. The first-order valence-electron chi connectivity index (χ1n) is 5.40. The lowest BCUT2D eigenvalue weighted by Crippen LogP contribution is -2.04. The molecule has 17 heavy (non-hydrogen) atoms. The Morgan fingerprint density at radius 1 is 1.47 bits per heavy atom. The molecule has 2 aromatic heterocycles. The van der Waals surface area contributed by atoms with Crippen LogP contribution in [0.3, 0.4) is 0 Å². The molecule has 90 valence electrons. The Hall–Kier alpha value is -2.11. The molecule has 0 radical (unpaired) electrons. The summed E-state index contributed by atoms with van der Waals surface area (Å²) in [7, 11) is 0. The average Bonchev–Trinajstić information content (AvgIpc) is 2.74. The highest BCUT2D eigenvalue weighted by Gasteiger charge is 2.03. The van der Waals surface area contributed by atoms with Gasteiger partial charge in [-0.05, 0) is 13.8 Å². The van der Waals surface area contributed by atoms with Crippen molar-refractivity contribution in [2.45, 2.75) is 20.4 Å². The van der Waals surface area contributed by atoms with E-state index in [1.165, 1.54) is 0 Å². The summed E-state index contributed by atoms with van der Waals surface area (Å²) in [5.74, 6) is 1.80. The molecule has 0 aliphatic heterocycles. The van der Waals surface area contributed by atoms with E-state index in [0.29, 0.717) is 25.0 Å². The third-order valence-corrected chi connectivity index (χ3v) is 2.02. The van der Waals surface area contributed by atoms with Gasteiger partial charge < -0.3 is 14.6 Å². The third kappa shape index (κ3) is 3.17. The first-order chi connectivity index (χ1) is 8.28. The summed E-state index contributed by atoms with van der Waals surface area (Å²) in [5.41, 5.74) is 0.853. The molecule has 0 saturated carbocycles. The van der Waals surface area contributed by atoms with E-state index in [4.69, 9.17) is 9.26 Å². The second-order valence-corrected chi connectivity index (χ2v) is 3.44. The maximum atomic E-state index is 5.28. The second-order valence-electron chi connectivity index (χ2n) is 3.44. The SMILES string of the molecule is CCOc1ccnc(NCc2cc(C)no2)n1. The maximum Gasteiger partial charge on any atom is 0.226 e. The van der Waals surface area contributed by atoms with Crippen LogP contribution in [-0.4, -0.2) is 21.7 Å². The van der Waals surface area contributed by atoms with Crippen LogP contribution in [-0.2, 0) is 6.54 Å². The predicted octanol–water partition coefficient (Wildman–Crippen LogP) is 1.78. The maximum absolute atomic E-state index is 5.28. The van der Waals surface area contributed by atoms with E-state index < -0.39 is 0 Å². The fourth-order valence-electron chi connectivity index (χ4n) is 1.32. The zero-order valence-corrected chi connectivity index (χ0v) is 9.80. The molecule has 0 atom stereocenters. The van der Waals surface area contributed by atoms with Gasteiger partial charge in [0.05, 0.1) is 18.8 Å². The molecule has 6 nitrogen and oxygen atoms in total. The Bertz CT molecular complexity index is 484. The van der Waals surface area contributed by atoms with Gasteiger partial charge in [0.15, 0.2) is 5.76 Å². The first-order valence-corrected chi connectivity index (χ1v) is 5.40. The van der Waals surface area contributed by atoms with Crippen molar-refractivity contribution < 1.29 is 9.26 Å². The van der Waals surface area contributed by atoms with E-state index in [2.05, 4.69) is 20.4 Å². The summed E-state index contributed by atoms with van der Waals surface area (Å²) in [4.78, 5) is 8.26. The van der Waals surface area contributed by atoms with Gasteiger partial charge in [-0.2, -0.15) is 4.98 Å². The van der Waals surface area contributed by atoms with Gasteiger partial charge in [-0.15, -0.1) is 0 Å². The zero-order chi connectivity index (χ0) is 12.1. The number of hydrogen-bond donors (Lipinski definition) is 1. The monoisotopic (exact) mass is 234 g/mol. The summed E-state index contributed by atoms with van der Waals surface area (Å²) in [6, 6.07) is 3.58. The summed E-state index contributed by atoms with van der Waals surface area (Å²) in [6.45, 7) is 4.86. The van der Waals surface area contributed by atoms with Gasteiger partial charge in [-0.3, -0.25) is 0 Å². The van der Waals surface area contributed by atoms with E-state index in [9.17, 15) is 0 Å². The van der Waals surface area contributed by atoms with Gasteiger partial charge >= 0.3 is 0 Å². The molecular formula is C11H14N4O2. The van der Waals surface area contributed by atoms with Gasteiger partial charge in [-0.25, -0.2) is 4.98 Å². The van der Waals surface area contributed by atoms with Crippen molar-refractivity contribution in [3.8, 4) is 5.88 Å². The molecule has 2 rings (SSSR count). The summed E-state index contributed by atoms with van der Waals surface area (Å²) in [5, 5.41) is 6.83. The van der Waals surface area contributed by atoms with Crippen molar-refractivity contribution >= 4 is 5.95 Å². The van der Waals surface area contributed by atoms with Crippen LogP contribution < -0.4 is 10.1 Å². The van der Waals surface area contributed by atoms with Crippen LogP contribution in [0.1, 0.15) is 18.4 Å². The highest BCUT2D eigenvalue weighted by atomic mass is 16.5.